The quantitative estimate of drug-likeness (QED) is 0.671. The van der Waals surface area contributed by atoms with Gasteiger partial charge in [0.05, 0.1) is 18.1 Å². The number of halogens is 1. The Hall–Kier alpha value is -2.63. The van der Waals surface area contributed by atoms with Gasteiger partial charge >= 0.3 is 0 Å². The van der Waals surface area contributed by atoms with E-state index in [1.807, 2.05) is 24.3 Å². The van der Waals surface area contributed by atoms with Gasteiger partial charge in [-0.15, -0.1) is 0 Å². The molecule has 1 N–H and O–H groups in total. The highest BCUT2D eigenvalue weighted by Crippen LogP contribution is 2.21. The molecule has 0 aromatic heterocycles. The molecule has 2 aromatic carbocycles. The van der Waals surface area contributed by atoms with Gasteiger partial charge in [0.2, 0.25) is 0 Å². The minimum atomic E-state index is -0.642. The summed E-state index contributed by atoms with van der Waals surface area (Å²) in [5.41, 5.74) is 1.05. The number of ether oxygens (including phenoxy) is 1. The van der Waals surface area contributed by atoms with E-state index >= 15 is 0 Å². The van der Waals surface area contributed by atoms with E-state index in [0.29, 0.717) is 12.2 Å². The van der Waals surface area contributed by atoms with E-state index in [0.717, 1.165) is 17.4 Å². The summed E-state index contributed by atoms with van der Waals surface area (Å²) in [6.45, 7) is 0.435. The van der Waals surface area contributed by atoms with Crippen LogP contribution in [-0.4, -0.2) is 12.0 Å². The number of anilines is 1. The number of hydrogen-bond donors (Lipinski definition) is 1. The van der Waals surface area contributed by atoms with Crippen LogP contribution in [0.1, 0.15) is 5.56 Å². The molecule has 0 fully saturated rings. The zero-order valence-corrected chi connectivity index (χ0v) is 10.8. The van der Waals surface area contributed by atoms with Crippen molar-refractivity contribution in [3.63, 3.8) is 0 Å². The number of hydrogen-bond acceptors (Lipinski definition) is 4. The number of non-ortho nitro benzene ring substituents is 1. The molecule has 0 radical (unpaired) electrons. The van der Waals surface area contributed by atoms with Crippen LogP contribution in [0.4, 0.5) is 15.8 Å². The smallest absolute Gasteiger partial charge is 0.274 e. The normalized spacial score (nSPS) is 10.1. The second-order valence-electron chi connectivity index (χ2n) is 4.16. The first-order valence-corrected chi connectivity index (χ1v) is 5.90. The van der Waals surface area contributed by atoms with Gasteiger partial charge in [-0.2, -0.15) is 0 Å². The Bertz CT molecular complexity index is 614. The minimum Gasteiger partial charge on any atom is -0.497 e. The largest absolute Gasteiger partial charge is 0.497 e. The van der Waals surface area contributed by atoms with Crippen molar-refractivity contribution in [2.45, 2.75) is 6.54 Å². The first-order chi connectivity index (χ1) is 9.58. The third-order valence-electron chi connectivity index (χ3n) is 2.75. The fourth-order valence-corrected chi connectivity index (χ4v) is 1.73. The predicted molar refractivity (Wildman–Crippen MR) is 73.4 cm³/mol. The first-order valence-electron chi connectivity index (χ1n) is 5.90. The van der Waals surface area contributed by atoms with Crippen molar-refractivity contribution in [1.29, 1.82) is 0 Å². The summed E-state index contributed by atoms with van der Waals surface area (Å²) < 4.78 is 18.3. The molecule has 0 heterocycles. The number of methoxy groups -OCH3 is 1. The molecule has 0 amide bonds. The number of nitro groups is 1. The highest BCUT2D eigenvalue weighted by atomic mass is 19.1. The number of rotatable bonds is 5. The van der Waals surface area contributed by atoms with Crippen molar-refractivity contribution < 1.29 is 14.1 Å². The topological polar surface area (TPSA) is 64.4 Å². The third-order valence-corrected chi connectivity index (χ3v) is 2.75. The zero-order chi connectivity index (χ0) is 14.5. The Labute approximate surface area is 115 Å². The zero-order valence-electron chi connectivity index (χ0n) is 10.8. The average molecular weight is 276 g/mol. The Balaban J connectivity index is 2.08. The number of nitrogens with one attached hydrogen (secondary N) is 1. The van der Waals surface area contributed by atoms with Gasteiger partial charge in [-0.3, -0.25) is 10.1 Å². The summed E-state index contributed by atoms with van der Waals surface area (Å²) in [6.07, 6.45) is 0. The van der Waals surface area contributed by atoms with Gasteiger partial charge in [0.25, 0.3) is 5.69 Å². The molecule has 0 saturated heterocycles. The Morgan fingerprint density at radius 3 is 2.55 bits per heavy atom. The number of nitrogens with zero attached hydrogens (tertiary/aromatic N) is 1. The average Bonchev–Trinajstić information content (AvgIpc) is 2.45. The fraction of sp³-hybridized carbons (Fsp3) is 0.143. The summed E-state index contributed by atoms with van der Waals surface area (Å²) in [6, 6.07) is 10.7. The number of benzene rings is 2. The molecule has 20 heavy (non-hydrogen) atoms. The van der Waals surface area contributed by atoms with E-state index in [2.05, 4.69) is 5.32 Å². The SMILES string of the molecule is COc1ccc(CNc2cc(F)cc([N+](=O)[O-])c2)cc1. The lowest BCUT2D eigenvalue weighted by molar-refractivity contribution is -0.385. The van der Waals surface area contributed by atoms with Crippen LogP contribution in [0, 0.1) is 15.9 Å². The van der Waals surface area contributed by atoms with Crippen molar-refractivity contribution in [3.05, 3.63) is 64.0 Å². The van der Waals surface area contributed by atoms with Gasteiger partial charge in [-0.05, 0) is 23.8 Å². The monoisotopic (exact) mass is 276 g/mol. The first kappa shape index (κ1) is 13.8. The highest BCUT2D eigenvalue weighted by molar-refractivity contribution is 5.51. The van der Waals surface area contributed by atoms with Crippen LogP contribution in [0.5, 0.6) is 5.75 Å². The van der Waals surface area contributed by atoms with Crippen molar-refractivity contribution in [2.75, 3.05) is 12.4 Å². The van der Waals surface area contributed by atoms with Gasteiger partial charge in [0.1, 0.15) is 11.6 Å². The van der Waals surface area contributed by atoms with Gasteiger partial charge in [0, 0.05) is 18.3 Å². The van der Waals surface area contributed by atoms with E-state index in [1.54, 1.807) is 7.11 Å². The lowest BCUT2D eigenvalue weighted by Gasteiger charge is -2.07. The van der Waals surface area contributed by atoms with Gasteiger partial charge in [-0.1, -0.05) is 12.1 Å². The molecular formula is C14H13FN2O3. The second-order valence-corrected chi connectivity index (χ2v) is 4.16. The molecule has 0 bridgehead atoms. The van der Waals surface area contributed by atoms with Crippen LogP contribution in [0.2, 0.25) is 0 Å². The standard InChI is InChI=1S/C14H13FN2O3/c1-20-14-4-2-10(3-5-14)9-16-12-6-11(15)7-13(8-12)17(18)19/h2-8,16H,9H2,1H3. The molecule has 2 aromatic rings. The summed E-state index contributed by atoms with van der Waals surface area (Å²) in [5, 5.41) is 13.6. The molecule has 6 heteroatoms. The van der Waals surface area contributed by atoms with E-state index in [9.17, 15) is 14.5 Å². The maximum Gasteiger partial charge on any atom is 0.274 e. The maximum atomic E-state index is 13.3. The molecule has 5 nitrogen and oxygen atoms in total. The fourth-order valence-electron chi connectivity index (χ4n) is 1.73. The molecule has 104 valence electrons. The summed E-state index contributed by atoms with van der Waals surface area (Å²) >= 11 is 0. The molecule has 2 rings (SSSR count). The van der Waals surface area contributed by atoms with Gasteiger partial charge in [0.15, 0.2) is 0 Å². The second kappa shape index (κ2) is 6.01. The molecule has 0 aliphatic carbocycles. The minimum absolute atomic E-state index is 0.276. The summed E-state index contributed by atoms with van der Waals surface area (Å²) in [4.78, 5) is 10.0. The lowest BCUT2D eigenvalue weighted by atomic mass is 10.2. The van der Waals surface area contributed by atoms with Crippen LogP contribution in [0.3, 0.4) is 0 Å². The molecular weight excluding hydrogens is 263 g/mol. The van der Waals surface area contributed by atoms with Crippen molar-refractivity contribution in [1.82, 2.24) is 0 Å². The molecule has 0 unspecified atom stereocenters. The number of nitro benzene ring substituents is 1. The van der Waals surface area contributed by atoms with E-state index in [4.69, 9.17) is 4.74 Å². The van der Waals surface area contributed by atoms with E-state index in [1.165, 1.54) is 12.1 Å². The maximum absolute atomic E-state index is 13.3. The lowest BCUT2D eigenvalue weighted by Crippen LogP contribution is -2.01. The Morgan fingerprint density at radius 2 is 1.95 bits per heavy atom. The highest BCUT2D eigenvalue weighted by Gasteiger charge is 2.09. The molecule has 0 aliphatic heterocycles. The van der Waals surface area contributed by atoms with Crippen LogP contribution in [0.25, 0.3) is 0 Å². The van der Waals surface area contributed by atoms with Crippen molar-refractivity contribution >= 4 is 11.4 Å². The van der Waals surface area contributed by atoms with Crippen molar-refractivity contribution in [3.8, 4) is 5.75 Å². The third kappa shape index (κ3) is 3.44. The summed E-state index contributed by atoms with van der Waals surface area (Å²) in [7, 11) is 1.58. The Morgan fingerprint density at radius 1 is 1.25 bits per heavy atom. The Kier molecular flexibility index (Phi) is 4.14. The van der Waals surface area contributed by atoms with E-state index in [-0.39, 0.29) is 5.69 Å². The van der Waals surface area contributed by atoms with Crippen LogP contribution < -0.4 is 10.1 Å². The van der Waals surface area contributed by atoms with Gasteiger partial charge < -0.3 is 10.1 Å². The van der Waals surface area contributed by atoms with Crippen LogP contribution >= 0.6 is 0 Å². The van der Waals surface area contributed by atoms with Crippen LogP contribution in [-0.2, 0) is 6.54 Å². The van der Waals surface area contributed by atoms with E-state index < -0.39 is 10.7 Å². The van der Waals surface area contributed by atoms with Crippen molar-refractivity contribution in [2.24, 2.45) is 0 Å². The summed E-state index contributed by atoms with van der Waals surface area (Å²) in [5.74, 6) is 0.103. The predicted octanol–water partition coefficient (Wildman–Crippen LogP) is 3.35. The van der Waals surface area contributed by atoms with Crippen LogP contribution in [0.15, 0.2) is 42.5 Å². The van der Waals surface area contributed by atoms with Gasteiger partial charge in [-0.25, -0.2) is 4.39 Å². The molecule has 0 saturated carbocycles. The molecule has 0 aliphatic rings. The molecule has 0 atom stereocenters. The molecule has 0 spiro atoms.